The molecule has 4 amide bonds. The van der Waals surface area contributed by atoms with E-state index in [1.54, 1.807) is 0 Å². The molecular weight excluding hydrogens is 136 g/mol. The second-order valence-electron chi connectivity index (χ2n) is 1.76. The van der Waals surface area contributed by atoms with Crippen LogP contribution in [-0.2, 0) is 0 Å². The number of hydrazine groups is 1. The molecule has 0 radical (unpaired) electrons. The molecule has 56 valence electrons. The first-order valence-corrected chi connectivity index (χ1v) is 2.87. The molecule has 0 spiro atoms. The SMILES string of the molecule is O=C1NCCNC(=O)NN1. The quantitative estimate of drug-likeness (QED) is 0.334. The maximum atomic E-state index is 10.5. The summed E-state index contributed by atoms with van der Waals surface area (Å²) in [4.78, 5) is 21.0. The van der Waals surface area contributed by atoms with E-state index in [1.807, 2.05) is 0 Å². The lowest BCUT2D eigenvalue weighted by Crippen LogP contribution is -2.55. The smallest absolute Gasteiger partial charge is 0.333 e. The summed E-state index contributed by atoms with van der Waals surface area (Å²) in [6.07, 6.45) is 0. The van der Waals surface area contributed by atoms with E-state index in [1.165, 1.54) is 0 Å². The van der Waals surface area contributed by atoms with Crippen molar-refractivity contribution in [2.45, 2.75) is 0 Å². The van der Waals surface area contributed by atoms with Gasteiger partial charge in [-0.3, -0.25) is 0 Å². The van der Waals surface area contributed by atoms with E-state index >= 15 is 0 Å². The summed E-state index contributed by atoms with van der Waals surface area (Å²) in [6, 6.07) is -0.787. The fourth-order valence-electron chi connectivity index (χ4n) is 0.554. The van der Waals surface area contributed by atoms with Crippen molar-refractivity contribution in [3.8, 4) is 0 Å². The minimum atomic E-state index is -0.394. The molecule has 0 unspecified atom stereocenters. The predicted octanol–water partition coefficient (Wildman–Crippen LogP) is -1.49. The zero-order valence-corrected chi connectivity index (χ0v) is 5.23. The third-order valence-electron chi connectivity index (χ3n) is 0.986. The zero-order valence-electron chi connectivity index (χ0n) is 5.23. The number of hydrogen-bond donors (Lipinski definition) is 4. The number of carbonyl (C=O) groups is 2. The van der Waals surface area contributed by atoms with Gasteiger partial charge in [0, 0.05) is 13.1 Å². The van der Waals surface area contributed by atoms with E-state index in [-0.39, 0.29) is 0 Å². The van der Waals surface area contributed by atoms with Gasteiger partial charge in [-0.1, -0.05) is 0 Å². The molecule has 6 heteroatoms. The Morgan fingerprint density at radius 3 is 1.70 bits per heavy atom. The zero-order chi connectivity index (χ0) is 7.40. The molecule has 0 aromatic rings. The summed E-state index contributed by atoms with van der Waals surface area (Å²) < 4.78 is 0. The average Bonchev–Trinajstić information content (AvgIpc) is 1.90. The third kappa shape index (κ3) is 1.81. The van der Waals surface area contributed by atoms with Gasteiger partial charge in [0.05, 0.1) is 0 Å². The van der Waals surface area contributed by atoms with Crippen LogP contribution in [0.15, 0.2) is 0 Å². The lowest BCUT2D eigenvalue weighted by atomic mass is 10.6. The predicted molar refractivity (Wildman–Crippen MR) is 33.1 cm³/mol. The minimum Gasteiger partial charge on any atom is -0.335 e. The first-order valence-electron chi connectivity index (χ1n) is 2.87. The van der Waals surface area contributed by atoms with E-state index < -0.39 is 12.1 Å². The molecule has 0 saturated carbocycles. The van der Waals surface area contributed by atoms with Crippen molar-refractivity contribution in [3.63, 3.8) is 0 Å². The Balaban J connectivity index is 2.36. The Labute approximate surface area is 57.3 Å². The molecule has 0 atom stereocenters. The lowest BCUT2D eigenvalue weighted by molar-refractivity contribution is 0.220. The molecule has 1 fully saturated rings. The maximum Gasteiger partial charge on any atom is 0.333 e. The molecule has 0 aliphatic carbocycles. The van der Waals surface area contributed by atoms with Gasteiger partial charge in [-0.15, -0.1) is 0 Å². The van der Waals surface area contributed by atoms with Gasteiger partial charge >= 0.3 is 12.1 Å². The molecule has 0 aromatic heterocycles. The highest BCUT2D eigenvalue weighted by molar-refractivity contribution is 5.80. The van der Waals surface area contributed by atoms with Crippen LogP contribution in [-0.4, -0.2) is 25.2 Å². The van der Waals surface area contributed by atoms with Gasteiger partial charge in [0.2, 0.25) is 0 Å². The average molecular weight is 144 g/mol. The molecule has 0 bridgehead atoms. The highest BCUT2D eigenvalue weighted by atomic mass is 16.2. The largest absolute Gasteiger partial charge is 0.335 e. The molecular formula is C4H8N4O2. The topological polar surface area (TPSA) is 82.3 Å². The van der Waals surface area contributed by atoms with Crippen molar-refractivity contribution in [2.75, 3.05) is 13.1 Å². The number of amides is 4. The fourth-order valence-corrected chi connectivity index (χ4v) is 0.554. The molecule has 0 aromatic carbocycles. The van der Waals surface area contributed by atoms with E-state index in [0.29, 0.717) is 13.1 Å². The standard InChI is InChI=1S/C4H8N4O2/c9-3-5-1-2-6-4(10)8-7-3/h1-2H2,(H2,5,7,9)(H2,6,8,10). The third-order valence-corrected chi connectivity index (χ3v) is 0.986. The van der Waals surface area contributed by atoms with Crippen LogP contribution >= 0.6 is 0 Å². The van der Waals surface area contributed by atoms with Gasteiger partial charge in [-0.05, 0) is 0 Å². The van der Waals surface area contributed by atoms with Gasteiger partial charge < -0.3 is 10.6 Å². The summed E-state index contributed by atoms with van der Waals surface area (Å²) in [5.74, 6) is 0. The molecule has 1 aliphatic rings. The molecule has 10 heavy (non-hydrogen) atoms. The molecule has 1 rings (SSSR count). The summed E-state index contributed by atoms with van der Waals surface area (Å²) >= 11 is 0. The molecule has 1 aliphatic heterocycles. The Morgan fingerprint density at radius 1 is 0.900 bits per heavy atom. The lowest BCUT2D eigenvalue weighted by Gasteiger charge is -2.13. The Kier molecular flexibility index (Phi) is 1.93. The number of rotatable bonds is 0. The van der Waals surface area contributed by atoms with Crippen LogP contribution in [0.1, 0.15) is 0 Å². The number of carbonyl (C=O) groups excluding carboxylic acids is 2. The van der Waals surface area contributed by atoms with Gasteiger partial charge in [0.1, 0.15) is 0 Å². The highest BCUT2D eigenvalue weighted by Gasteiger charge is 2.05. The second kappa shape index (κ2) is 2.90. The highest BCUT2D eigenvalue weighted by Crippen LogP contribution is 1.68. The molecule has 1 heterocycles. The van der Waals surface area contributed by atoms with Crippen LogP contribution in [0, 0.1) is 0 Å². The maximum absolute atomic E-state index is 10.5. The van der Waals surface area contributed by atoms with Crippen LogP contribution in [0.2, 0.25) is 0 Å². The monoisotopic (exact) mass is 144 g/mol. The van der Waals surface area contributed by atoms with Crippen LogP contribution in [0.5, 0.6) is 0 Å². The van der Waals surface area contributed by atoms with Crippen LogP contribution in [0.4, 0.5) is 9.59 Å². The van der Waals surface area contributed by atoms with E-state index in [2.05, 4.69) is 21.5 Å². The van der Waals surface area contributed by atoms with Crippen molar-refractivity contribution in [1.82, 2.24) is 21.5 Å². The van der Waals surface area contributed by atoms with Crippen LogP contribution in [0.25, 0.3) is 0 Å². The summed E-state index contributed by atoms with van der Waals surface area (Å²) in [5, 5.41) is 4.96. The van der Waals surface area contributed by atoms with E-state index in [4.69, 9.17) is 0 Å². The molecule has 4 N–H and O–H groups in total. The normalized spacial score (nSPS) is 18.8. The first kappa shape index (κ1) is 6.66. The molecule has 1 saturated heterocycles. The van der Waals surface area contributed by atoms with E-state index in [0.717, 1.165) is 0 Å². The first-order chi connectivity index (χ1) is 4.79. The van der Waals surface area contributed by atoms with Crippen molar-refractivity contribution < 1.29 is 9.59 Å². The van der Waals surface area contributed by atoms with Crippen molar-refractivity contribution in [1.29, 1.82) is 0 Å². The van der Waals surface area contributed by atoms with Crippen LogP contribution in [0.3, 0.4) is 0 Å². The number of hydrogen-bond acceptors (Lipinski definition) is 2. The fraction of sp³-hybridized carbons (Fsp3) is 0.500. The number of nitrogens with one attached hydrogen (secondary N) is 4. The summed E-state index contributed by atoms with van der Waals surface area (Å²) in [7, 11) is 0. The van der Waals surface area contributed by atoms with Crippen molar-refractivity contribution in [2.24, 2.45) is 0 Å². The van der Waals surface area contributed by atoms with Crippen molar-refractivity contribution in [3.05, 3.63) is 0 Å². The van der Waals surface area contributed by atoms with E-state index in [9.17, 15) is 9.59 Å². The van der Waals surface area contributed by atoms with Gasteiger partial charge in [0.25, 0.3) is 0 Å². The van der Waals surface area contributed by atoms with Gasteiger partial charge in [-0.2, -0.15) is 0 Å². The molecule has 6 nitrogen and oxygen atoms in total. The minimum absolute atomic E-state index is 0.394. The van der Waals surface area contributed by atoms with Crippen molar-refractivity contribution >= 4 is 12.1 Å². The van der Waals surface area contributed by atoms with Gasteiger partial charge in [0.15, 0.2) is 0 Å². The Morgan fingerprint density at radius 2 is 1.30 bits per heavy atom. The Bertz CT molecular complexity index is 139. The number of urea groups is 2. The van der Waals surface area contributed by atoms with Crippen LogP contribution < -0.4 is 21.5 Å². The van der Waals surface area contributed by atoms with Gasteiger partial charge in [-0.25, -0.2) is 20.4 Å². The Hall–Kier alpha value is -1.46. The summed E-state index contributed by atoms with van der Waals surface area (Å²) in [5.41, 5.74) is 4.24. The second-order valence-corrected chi connectivity index (χ2v) is 1.76. The summed E-state index contributed by atoms with van der Waals surface area (Å²) in [6.45, 7) is 0.887.